The van der Waals surface area contributed by atoms with Crippen molar-refractivity contribution in [2.24, 2.45) is 5.73 Å². The van der Waals surface area contributed by atoms with Crippen LogP contribution in [0.15, 0.2) is 24.4 Å². The van der Waals surface area contributed by atoms with Crippen LogP contribution in [0.5, 0.6) is 0 Å². The fraction of sp³-hybridized carbons (Fsp3) is 0.333. The van der Waals surface area contributed by atoms with Crippen LogP contribution in [0.25, 0.3) is 10.7 Å². The zero-order valence-corrected chi connectivity index (χ0v) is 10.3. The van der Waals surface area contributed by atoms with E-state index in [0.29, 0.717) is 12.5 Å². The second kappa shape index (κ2) is 4.72. The van der Waals surface area contributed by atoms with E-state index in [-0.39, 0.29) is 0 Å². The molecule has 0 aromatic carbocycles. The quantitative estimate of drug-likeness (QED) is 0.886. The maximum Gasteiger partial charge on any atom is 0.142 e. The first kappa shape index (κ1) is 11.2. The van der Waals surface area contributed by atoms with Gasteiger partial charge in [-0.15, -0.1) is 11.3 Å². The topological polar surface area (TPSA) is 51.8 Å². The Kier molecular flexibility index (Phi) is 3.31. The van der Waals surface area contributed by atoms with Gasteiger partial charge < -0.3 is 5.73 Å². The third-order valence-corrected chi connectivity index (χ3v) is 3.93. The summed E-state index contributed by atoms with van der Waals surface area (Å²) < 4.78 is 0. The smallest absolute Gasteiger partial charge is 0.142 e. The molecule has 4 heteroatoms. The van der Waals surface area contributed by atoms with Gasteiger partial charge in [-0.3, -0.25) is 4.98 Å². The van der Waals surface area contributed by atoms with Crippen LogP contribution in [0.3, 0.4) is 0 Å². The summed E-state index contributed by atoms with van der Waals surface area (Å²) in [6.45, 7) is 4.82. The van der Waals surface area contributed by atoms with Crippen LogP contribution >= 0.6 is 11.3 Å². The second-order valence-electron chi connectivity index (χ2n) is 3.82. The summed E-state index contributed by atoms with van der Waals surface area (Å²) in [5.74, 6) is 0.370. The Morgan fingerprint density at radius 3 is 2.88 bits per heavy atom. The molecule has 3 nitrogen and oxygen atoms in total. The van der Waals surface area contributed by atoms with E-state index in [0.717, 1.165) is 16.4 Å². The second-order valence-corrected chi connectivity index (χ2v) is 4.85. The zero-order chi connectivity index (χ0) is 11.5. The molecule has 0 spiro atoms. The van der Waals surface area contributed by atoms with Crippen molar-refractivity contribution in [2.45, 2.75) is 19.8 Å². The largest absolute Gasteiger partial charge is 0.330 e. The summed E-state index contributed by atoms with van der Waals surface area (Å²) in [7, 11) is 0. The van der Waals surface area contributed by atoms with Gasteiger partial charge in [0.1, 0.15) is 5.01 Å². The molecule has 0 aliphatic rings. The molecule has 0 amide bonds. The highest BCUT2D eigenvalue weighted by molar-refractivity contribution is 7.15. The predicted octanol–water partition coefficient (Wildman–Crippen LogP) is 2.58. The van der Waals surface area contributed by atoms with E-state index < -0.39 is 0 Å². The summed E-state index contributed by atoms with van der Waals surface area (Å²) in [6.07, 6.45) is 1.79. The average Bonchev–Trinajstić information content (AvgIpc) is 2.71. The Morgan fingerprint density at radius 2 is 2.25 bits per heavy atom. The zero-order valence-electron chi connectivity index (χ0n) is 9.47. The summed E-state index contributed by atoms with van der Waals surface area (Å²) in [5, 5.41) is 0.980. The van der Waals surface area contributed by atoms with Crippen LogP contribution in [0.2, 0.25) is 0 Å². The van der Waals surface area contributed by atoms with Crippen molar-refractivity contribution in [1.29, 1.82) is 0 Å². The molecular formula is C12H15N3S. The lowest BCUT2D eigenvalue weighted by atomic mass is 10.1. The van der Waals surface area contributed by atoms with Crippen LogP contribution < -0.4 is 5.73 Å². The number of hydrogen-bond donors (Lipinski definition) is 1. The predicted molar refractivity (Wildman–Crippen MR) is 67.6 cm³/mol. The van der Waals surface area contributed by atoms with E-state index in [1.807, 2.05) is 25.1 Å². The van der Waals surface area contributed by atoms with E-state index in [4.69, 9.17) is 5.73 Å². The summed E-state index contributed by atoms with van der Waals surface area (Å²) >= 11 is 1.69. The fourth-order valence-corrected chi connectivity index (χ4v) is 2.68. The van der Waals surface area contributed by atoms with Crippen LogP contribution in [-0.4, -0.2) is 16.5 Å². The lowest BCUT2D eigenvalue weighted by Gasteiger charge is -2.04. The lowest BCUT2D eigenvalue weighted by Crippen LogP contribution is -2.08. The minimum atomic E-state index is 0.370. The van der Waals surface area contributed by atoms with Crippen LogP contribution in [-0.2, 0) is 0 Å². The SMILES string of the molecule is Cc1nc(-c2ccccn2)sc1C(C)CN. The number of aromatic nitrogens is 2. The molecule has 0 aliphatic carbocycles. The maximum atomic E-state index is 5.68. The highest BCUT2D eigenvalue weighted by Crippen LogP contribution is 2.31. The average molecular weight is 233 g/mol. The van der Waals surface area contributed by atoms with Gasteiger partial charge in [0.15, 0.2) is 0 Å². The normalized spacial score (nSPS) is 12.7. The number of aryl methyl sites for hydroxylation is 1. The van der Waals surface area contributed by atoms with Crippen molar-refractivity contribution in [3.63, 3.8) is 0 Å². The third kappa shape index (κ3) is 2.13. The highest BCUT2D eigenvalue weighted by Gasteiger charge is 2.14. The Morgan fingerprint density at radius 1 is 1.44 bits per heavy atom. The summed E-state index contributed by atoms with van der Waals surface area (Å²) in [5.41, 5.74) is 7.69. The van der Waals surface area contributed by atoms with Crippen molar-refractivity contribution in [2.75, 3.05) is 6.54 Å². The van der Waals surface area contributed by atoms with Gasteiger partial charge in [0, 0.05) is 17.0 Å². The number of pyridine rings is 1. The Labute approximate surface area is 99.4 Å². The van der Waals surface area contributed by atoms with E-state index in [1.54, 1.807) is 17.5 Å². The molecule has 84 valence electrons. The van der Waals surface area contributed by atoms with Crippen molar-refractivity contribution in [3.8, 4) is 10.7 Å². The number of nitrogens with two attached hydrogens (primary N) is 1. The molecule has 1 unspecified atom stereocenters. The Balaban J connectivity index is 2.38. The van der Waals surface area contributed by atoms with Crippen molar-refractivity contribution >= 4 is 11.3 Å². The minimum absolute atomic E-state index is 0.370. The first-order valence-electron chi connectivity index (χ1n) is 5.31. The Bertz CT molecular complexity index is 464. The monoisotopic (exact) mass is 233 g/mol. The number of nitrogens with zero attached hydrogens (tertiary/aromatic N) is 2. The highest BCUT2D eigenvalue weighted by atomic mass is 32.1. The van der Waals surface area contributed by atoms with Gasteiger partial charge >= 0.3 is 0 Å². The molecule has 2 aromatic heterocycles. The molecule has 0 fully saturated rings. The molecule has 2 rings (SSSR count). The molecule has 0 saturated heterocycles. The number of hydrogen-bond acceptors (Lipinski definition) is 4. The maximum absolute atomic E-state index is 5.68. The van der Waals surface area contributed by atoms with E-state index in [9.17, 15) is 0 Å². The molecule has 2 heterocycles. The Hall–Kier alpha value is -1.26. The van der Waals surface area contributed by atoms with Gasteiger partial charge in [-0.25, -0.2) is 4.98 Å². The first-order valence-corrected chi connectivity index (χ1v) is 6.12. The van der Waals surface area contributed by atoms with Crippen LogP contribution in [0.1, 0.15) is 23.4 Å². The first-order chi connectivity index (χ1) is 7.72. The molecular weight excluding hydrogens is 218 g/mol. The molecule has 0 radical (unpaired) electrons. The van der Waals surface area contributed by atoms with E-state index >= 15 is 0 Å². The van der Waals surface area contributed by atoms with E-state index in [1.165, 1.54) is 4.88 Å². The van der Waals surface area contributed by atoms with Crippen molar-refractivity contribution < 1.29 is 0 Å². The minimum Gasteiger partial charge on any atom is -0.330 e. The molecule has 0 bridgehead atoms. The number of thiazole rings is 1. The molecule has 0 aliphatic heterocycles. The van der Waals surface area contributed by atoms with E-state index in [2.05, 4.69) is 16.9 Å². The molecule has 0 saturated carbocycles. The van der Waals surface area contributed by atoms with Crippen molar-refractivity contribution in [3.05, 3.63) is 35.0 Å². The van der Waals surface area contributed by atoms with Crippen molar-refractivity contribution in [1.82, 2.24) is 9.97 Å². The fourth-order valence-electron chi connectivity index (χ4n) is 1.57. The van der Waals surface area contributed by atoms with Crippen LogP contribution in [0, 0.1) is 6.92 Å². The van der Waals surface area contributed by atoms with Gasteiger partial charge in [-0.2, -0.15) is 0 Å². The molecule has 1 atom stereocenters. The van der Waals surface area contributed by atoms with Gasteiger partial charge in [0.25, 0.3) is 0 Å². The number of rotatable bonds is 3. The van der Waals surface area contributed by atoms with Gasteiger partial charge in [-0.1, -0.05) is 13.0 Å². The van der Waals surface area contributed by atoms with Crippen LogP contribution in [0.4, 0.5) is 0 Å². The molecule has 16 heavy (non-hydrogen) atoms. The van der Waals surface area contributed by atoms with Gasteiger partial charge in [0.05, 0.1) is 11.4 Å². The standard InChI is InChI=1S/C12H15N3S/c1-8(7-13)11-9(2)15-12(16-11)10-5-3-4-6-14-10/h3-6,8H,7,13H2,1-2H3. The van der Waals surface area contributed by atoms with Gasteiger partial charge in [0.2, 0.25) is 0 Å². The summed E-state index contributed by atoms with van der Waals surface area (Å²) in [6, 6.07) is 5.87. The van der Waals surface area contributed by atoms with Gasteiger partial charge in [-0.05, 0) is 25.6 Å². The summed E-state index contributed by atoms with van der Waals surface area (Å²) in [4.78, 5) is 10.1. The lowest BCUT2D eigenvalue weighted by molar-refractivity contribution is 0.780. The molecule has 2 N–H and O–H groups in total. The third-order valence-electron chi connectivity index (χ3n) is 2.52. The molecule has 2 aromatic rings.